The molecule has 3 heteroatoms. The molecule has 0 spiro atoms. The van der Waals surface area contributed by atoms with E-state index in [0.717, 1.165) is 25.7 Å². The summed E-state index contributed by atoms with van der Waals surface area (Å²) >= 11 is 0. The molecule has 1 unspecified atom stereocenters. The second-order valence-corrected chi connectivity index (χ2v) is 5.57. The topological polar surface area (TPSA) is 43.4 Å². The van der Waals surface area contributed by atoms with E-state index < -0.39 is 5.41 Å². The normalized spacial score (nSPS) is 23.2. The highest BCUT2D eigenvalue weighted by molar-refractivity contribution is 6.06. The Hall–Kier alpha value is -1.12. The highest BCUT2D eigenvalue weighted by Crippen LogP contribution is 2.36. The van der Waals surface area contributed by atoms with Crippen molar-refractivity contribution in [2.24, 2.45) is 5.41 Å². The molecule has 0 radical (unpaired) electrons. The predicted molar refractivity (Wildman–Crippen MR) is 80.4 cm³/mol. The highest BCUT2D eigenvalue weighted by atomic mass is 16.5. The predicted octanol–water partition coefficient (Wildman–Crippen LogP) is 4.21. The van der Waals surface area contributed by atoms with Gasteiger partial charge in [0, 0.05) is 6.42 Å². The quantitative estimate of drug-likeness (QED) is 0.289. The molecule has 1 saturated carbocycles. The smallest absolute Gasteiger partial charge is 0.323 e. The summed E-state index contributed by atoms with van der Waals surface area (Å²) in [5, 5.41) is 0. The molecule has 3 nitrogen and oxygen atoms in total. The van der Waals surface area contributed by atoms with Gasteiger partial charge in [-0.25, -0.2) is 0 Å². The van der Waals surface area contributed by atoms with Crippen LogP contribution in [0.1, 0.15) is 71.6 Å². The van der Waals surface area contributed by atoms with Gasteiger partial charge < -0.3 is 4.74 Å². The zero-order valence-electron chi connectivity index (χ0n) is 13.0. The maximum atomic E-state index is 12.2. The second kappa shape index (κ2) is 8.93. The lowest BCUT2D eigenvalue weighted by molar-refractivity contribution is -0.158. The van der Waals surface area contributed by atoms with E-state index in [2.05, 4.69) is 6.92 Å². The molecule has 1 aliphatic rings. The third kappa shape index (κ3) is 4.46. The van der Waals surface area contributed by atoms with Crippen LogP contribution in [-0.2, 0) is 14.3 Å². The van der Waals surface area contributed by atoms with Gasteiger partial charge >= 0.3 is 5.97 Å². The molecule has 0 aromatic heterocycles. The number of carbonyl (C=O) groups is 2. The first-order valence-electron chi connectivity index (χ1n) is 8.05. The molecule has 0 amide bonds. The Morgan fingerprint density at radius 3 is 2.70 bits per heavy atom. The first-order valence-corrected chi connectivity index (χ1v) is 8.05. The number of hydrogen-bond acceptors (Lipinski definition) is 3. The molecule has 1 aliphatic carbocycles. The van der Waals surface area contributed by atoms with E-state index in [-0.39, 0.29) is 11.8 Å². The van der Waals surface area contributed by atoms with Crippen LogP contribution in [0.2, 0.25) is 0 Å². The lowest BCUT2D eigenvalue weighted by atomic mass is 9.72. The largest absolute Gasteiger partial charge is 0.465 e. The van der Waals surface area contributed by atoms with E-state index >= 15 is 0 Å². The Balaban J connectivity index is 2.65. The Bertz CT molecular complexity index is 346. The molecule has 0 heterocycles. The number of ketones is 1. The van der Waals surface area contributed by atoms with Crippen LogP contribution in [0.5, 0.6) is 0 Å². The summed E-state index contributed by atoms with van der Waals surface area (Å²) in [6.07, 6.45) is 12.5. The fourth-order valence-electron chi connectivity index (χ4n) is 2.75. The van der Waals surface area contributed by atoms with Crippen molar-refractivity contribution in [3.8, 4) is 0 Å². The molecule has 0 saturated heterocycles. The SMILES string of the molecule is CCCCCC/C=C/C1(C(=O)OCC)CCCCC1=O. The van der Waals surface area contributed by atoms with Crippen LogP contribution in [0.3, 0.4) is 0 Å². The number of allylic oxidation sites excluding steroid dienone is 1. The van der Waals surface area contributed by atoms with Gasteiger partial charge in [0.15, 0.2) is 5.78 Å². The van der Waals surface area contributed by atoms with Gasteiger partial charge in [-0.15, -0.1) is 0 Å². The van der Waals surface area contributed by atoms with Crippen LogP contribution in [0, 0.1) is 5.41 Å². The van der Waals surface area contributed by atoms with Crippen molar-refractivity contribution < 1.29 is 14.3 Å². The number of esters is 1. The van der Waals surface area contributed by atoms with Crippen molar-refractivity contribution in [3.63, 3.8) is 0 Å². The van der Waals surface area contributed by atoms with Gasteiger partial charge in [-0.2, -0.15) is 0 Å². The molecule has 0 N–H and O–H groups in total. The van der Waals surface area contributed by atoms with Crippen LogP contribution >= 0.6 is 0 Å². The lowest BCUT2D eigenvalue weighted by Gasteiger charge is -2.30. The average molecular weight is 280 g/mol. The number of ether oxygens (including phenoxy) is 1. The van der Waals surface area contributed by atoms with Gasteiger partial charge in [-0.05, 0) is 32.6 Å². The van der Waals surface area contributed by atoms with E-state index in [4.69, 9.17) is 4.74 Å². The second-order valence-electron chi connectivity index (χ2n) is 5.57. The zero-order valence-corrected chi connectivity index (χ0v) is 13.0. The van der Waals surface area contributed by atoms with Crippen LogP contribution in [-0.4, -0.2) is 18.4 Å². The summed E-state index contributed by atoms with van der Waals surface area (Å²) < 4.78 is 5.14. The van der Waals surface area contributed by atoms with Crippen LogP contribution in [0.15, 0.2) is 12.2 Å². The van der Waals surface area contributed by atoms with Gasteiger partial charge in [-0.3, -0.25) is 9.59 Å². The molecule has 0 aromatic carbocycles. The molecule has 1 fully saturated rings. The third-order valence-electron chi connectivity index (χ3n) is 3.99. The van der Waals surface area contributed by atoms with Crippen molar-refractivity contribution in [1.29, 1.82) is 0 Å². The maximum Gasteiger partial charge on any atom is 0.323 e. The van der Waals surface area contributed by atoms with Crippen molar-refractivity contribution in [1.82, 2.24) is 0 Å². The minimum Gasteiger partial charge on any atom is -0.465 e. The first-order chi connectivity index (χ1) is 9.67. The summed E-state index contributed by atoms with van der Waals surface area (Å²) in [6.45, 7) is 4.30. The molecule has 0 aliphatic heterocycles. The molecule has 0 aromatic rings. The maximum absolute atomic E-state index is 12.2. The molecule has 0 bridgehead atoms. The van der Waals surface area contributed by atoms with Gasteiger partial charge in [-0.1, -0.05) is 44.8 Å². The fourth-order valence-corrected chi connectivity index (χ4v) is 2.75. The van der Waals surface area contributed by atoms with Gasteiger partial charge in [0.1, 0.15) is 5.41 Å². The molecule has 114 valence electrons. The summed E-state index contributed by atoms with van der Waals surface area (Å²) in [7, 11) is 0. The summed E-state index contributed by atoms with van der Waals surface area (Å²) in [4.78, 5) is 24.4. The molecule has 1 atom stereocenters. The summed E-state index contributed by atoms with van der Waals surface area (Å²) in [5.41, 5.74) is -0.987. The molecule has 20 heavy (non-hydrogen) atoms. The number of unbranched alkanes of at least 4 members (excludes halogenated alkanes) is 4. The average Bonchev–Trinajstić information content (AvgIpc) is 2.45. The third-order valence-corrected chi connectivity index (χ3v) is 3.99. The number of Topliss-reactive ketones (excluding diaryl/α,β-unsaturated/α-hetero) is 1. The van der Waals surface area contributed by atoms with Gasteiger partial charge in [0.2, 0.25) is 0 Å². The van der Waals surface area contributed by atoms with Crippen LogP contribution in [0.25, 0.3) is 0 Å². The lowest BCUT2D eigenvalue weighted by Crippen LogP contribution is -2.41. The Kier molecular flexibility index (Phi) is 7.56. The first kappa shape index (κ1) is 16.9. The van der Waals surface area contributed by atoms with E-state index in [1.54, 1.807) is 6.92 Å². The monoisotopic (exact) mass is 280 g/mol. The minimum atomic E-state index is -0.987. The number of rotatable bonds is 8. The molecular weight excluding hydrogens is 252 g/mol. The van der Waals surface area contributed by atoms with Crippen molar-refractivity contribution in [2.45, 2.75) is 71.6 Å². The zero-order chi connectivity index (χ0) is 14.8. The van der Waals surface area contributed by atoms with Gasteiger partial charge in [0.25, 0.3) is 0 Å². The summed E-state index contributed by atoms with van der Waals surface area (Å²) in [5.74, 6) is -0.318. The van der Waals surface area contributed by atoms with Crippen molar-refractivity contribution in [2.75, 3.05) is 6.61 Å². The fraction of sp³-hybridized carbons (Fsp3) is 0.765. The van der Waals surface area contributed by atoms with Crippen LogP contribution < -0.4 is 0 Å². The number of hydrogen-bond donors (Lipinski definition) is 0. The van der Waals surface area contributed by atoms with E-state index in [9.17, 15) is 9.59 Å². The highest BCUT2D eigenvalue weighted by Gasteiger charge is 2.45. The van der Waals surface area contributed by atoms with E-state index in [1.165, 1.54) is 19.3 Å². The van der Waals surface area contributed by atoms with Crippen molar-refractivity contribution >= 4 is 11.8 Å². The number of carbonyl (C=O) groups excluding carboxylic acids is 2. The standard InChI is InChI=1S/C17H28O3/c1-3-5-6-7-8-10-13-17(16(19)20-4-2)14-11-9-12-15(17)18/h10,13H,3-9,11-12,14H2,1-2H3/b13-10+. The summed E-state index contributed by atoms with van der Waals surface area (Å²) in [6, 6.07) is 0. The van der Waals surface area contributed by atoms with Gasteiger partial charge in [0.05, 0.1) is 6.61 Å². The van der Waals surface area contributed by atoms with E-state index in [1.807, 2.05) is 12.2 Å². The molecule has 1 rings (SSSR count). The molecular formula is C17H28O3. The Labute approximate surface area is 122 Å². The van der Waals surface area contributed by atoms with Crippen LogP contribution in [0.4, 0.5) is 0 Å². The Morgan fingerprint density at radius 2 is 2.05 bits per heavy atom. The Morgan fingerprint density at radius 1 is 1.25 bits per heavy atom. The minimum absolute atomic E-state index is 0.0343. The van der Waals surface area contributed by atoms with Crippen molar-refractivity contribution in [3.05, 3.63) is 12.2 Å². The van der Waals surface area contributed by atoms with E-state index in [0.29, 0.717) is 19.4 Å².